The number of hydrogen-bond acceptors (Lipinski definition) is 3. The number of aliphatic hydroxyl groups is 1. The van der Waals surface area contributed by atoms with E-state index in [9.17, 15) is 5.11 Å². The number of aliphatic hydroxyl groups excluding tert-OH is 1. The molecule has 2 bridgehead atoms. The van der Waals surface area contributed by atoms with Gasteiger partial charge in [0.2, 0.25) is 0 Å². The molecule has 2 N–H and O–H groups in total. The fraction of sp³-hybridized carbons (Fsp3) is 1.00. The Bertz CT molecular complexity index is 264. The summed E-state index contributed by atoms with van der Waals surface area (Å²) in [6.45, 7) is 3.61. The Balaban J connectivity index is 1.57. The van der Waals surface area contributed by atoms with Crippen LogP contribution in [-0.2, 0) is 0 Å². The van der Waals surface area contributed by atoms with Gasteiger partial charge in [0.1, 0.15) is 0 Å². The van der Waals surface area contributed by atoms with Crippen molar-refractivity contribution in [1.29, 1.82) is 0 Å². The predicted molar refractivity (Wildman–Crippen MR) is 73.6 cm³/mol. The van der Waals surface area contributed by atoms with Gasteiger partial charge in [0.15, 0.2) is 0 Å². The molecule has 3 aliphatic rings. The number of nitrogens with zero attached hydrogens (tertiary/aromatic N) is 1. The molecule has 0 radical (unpaired) electrons. The Labute approximate surface area is 111 Å². The Hall–Kier alpha value is -0.120. The molecule has 18 heavy (non-hydrogen) atoms. The molecule has 3 heteroatoms. The van der Waals surface area contributed by atoms with Gasteiger partial charge in [0.25, 0.3) is 0 Å². The topological polar surface area (TPSA) is 35.5 Å². The summed E-state index contributed by atoms with van der Waals surface area (Å²) in [6.07, 6.45) is 10.0. The van der Waals surface area contributed by atoms with Crippen LogP contribution in [-0.4, -0.2) is 46.8 Å². The van der Waals surface area contributed by atoms with E-state index >= 15 is 0 Å². The highest BCUT2D eigenvalue weighted by atomic mass is 16.3. The zero-order chi connectivity index (χ0) is 12.5. The second-order valence-electron chi connectivity index (χ2n) is 6.69. The highest BCUT2D eigenvalue weighted by molar-refractivity contribution is 4.98. The number of hydrogen-bond donors (Lipinski definition) is 2. The second-order valence-corrected chi connectivity index (χ2v) is 6.69. The van der Waals surface area contributed by atoms with Gasteiger partial charge < -0.3 is 10.4 Å². The summed E-state index contributed by atoms with van der Waals surface area (Å²) in [5, 5.41) is 13.5. The lowest BCUT2D eigenvalue weighted by Gasteiger charge is -2.42. The van der Waals surface area contributed by atoms with Crippen LogP contribution in [0.4, 0.5) is 0 Å². The summed E-state index contributed by atoms with van der Waals surface area (Å²) >= 11 is 0. The molecule has 3 fully saturated rings. The van der Waals surface area contributed by atoms with Gasteiger partial charge in [0.05, 0.1) is 6.10 Å². The van der Waals surface area contributed by atoms with Crippen LogP contribution < -0.4 is 5.32 Å². The summed E-state index contributed by atoms with van der Waals surface area (Å²) in [7, 11) is 0. The molecule has 0 aromatic heterocycles. The molecule has 0 aromatic carbocycles. The van der Waals surface area contributed by atoms with Gasteiger partial charge in [-0.2, -0.15) is 0 Å². The number of fused-ring (bicyclic) bond motifs is 2. The molecule has 0 amide bonds. The first-order valence-corrected chi connectivity index (χ1v) is 7.93. The van der Waals surface area contributed by atoms with E-state index < -0.39 is 0 Å². The van der Waals surface area contributed by atoms with Crippen molar-refractivity contribution in [3.63, 3.8) is 0 Å². The average Bonchev–Trinajstić information content (AvgIpc) is 2.63. The molecule has 0 aliphatic carbocycles. The second kappa shape index (κ2) is 5.48. The first-order chi connectivity index (χ1) is 8.74. The maximum Gasteiger partial charge on any atom is 0.0570 e. The van der Waals surface area contributed by atoms with Crippen molar-refractivity contribution >= 4 is 0 Å². The third-order valence-corrected chi connectivity index (χ3v) is 5.31. The predicted octanol–water partition coefficient (Wildman–Crippen LogP) is 1.89. The minimum Gasteiger partial charge on any atom is -0.393 e. The van der Waals surface area contributed by atoms with Gasteiger partial charge in [0, 0.05) is 24.2 Å². The van der Waals surface area contributed by atoms with E-state index in [-0.39, 0.29) is 6.10 Å². The van der Waals surface area contributed by atoms with Crippen LogP contribution in [0.15, 0.2) is 0 Å². The highest BCUT2D eigenvalue weighted by Crippen LogP contribution is 2.38. The van der Waals surface area contributed by atoms with Crippen molar-refractivity contribution < 1.29 is 5.11 Å². The van der Waals surface area contributed by atoms with Crippen LogP contribution in [0.5, 0.6) is 0 Å². The maximum absolute atomic E-state index is 9.87. The molecule has 104 valence electrons. The highest BCUT2D eigenvalue weighted by Gasteiger charge is 2.42. The Morgan fingerprint density at radius 2 is 1.89 bits per heavy atom. The van der Waals surface area contributed by atoms with Crippen LogP contribution in [0.2, 0.25) is 0 Å². The van der Waals surface area contributed by atoms with Crippen molar-refractivity contribution in [3.8, 4) is 0 Å². The van der Waals surface area contributed by atoms with E-state index in [1.165, 1.54) is 45.1 Å². The molecule has 0 aromatic rings. The van der Waals surface area contributed by atoms with Gasteiger partial charge in [-0.1, -0.05) is 6.42 Å². The van der Waals surface area contributed by atoms with Crippen LogP contribution in [0.25, 0.3) is 0 Å². The average molecular weight is 252 g/mol. The summed E-state index contributed by atoms with van der Waals surface area (Å²) in [5.74, 6) is 0. The van der Waals surface area contributed by atoms with E-state index in [4.69, 9.17) is 0 Å². The number of piperidine rings is 2. The quantitative estimate of drug-likeness (QED) is 0.805. The van der Waals surface area contributed by atoms with Gasteiger partial charge in [-0.25, -0.2) is 0 Å². The molecular weight excluding hydrogens is 224 g/mol. The van der Waals surface area contributed by atoms with Crippen molar-refractivity contribution in [2.24, 2.45) is 0 Å². The van der Waals surface area contributed by atoms with E-state index in [0.29, 0.717) is 18.1 Å². The van der Waals surface area contributed by atoms with Crippen molar-refractivity contribution in [1.82, 2.24) is 10.2 Å². The smallest absolute Gasteiger partial charge is 0.0570 e. The fourth-order valence-electron chi connectivity index (χ4n) is 4.56. The van der Waals surface area contributed by atoms with Crippen LogP contribution in [0.1, 0.15) is 58.3 Å². The minimum atomic E-state index is -0.0289. The molecule has 3 aliphatic heterocycles. The monoisotopic (exact) mass is 252 g/mol. The minimum absolute atomic E-state index is 0.0289. The van der Waals surface area contributed by atoms with Crippen LogP contribution >= 0.6 is 0 Å². The number of rotatable bonds is 3. The molecule has 3 heterocycles. The van der Waals surface area contributed by atoms with Crippen LogP contribution in [0.3, 0.4) is 0 Å². The summed E-state index contributed by atoms with van der Waals surface area (Å²) in [6, 6.07) is 2.75. The lowest BCUT2D eigenvalue weighted by Crippen LogP contribution is -2.51. The Morgan fingerprint density at radius 1 is 1.17 bits per heavy atom. The Morgan fingerprint density at radius 3 is 2.50 bits per heavy atom. The first-order valence-electron chi connectivity index (χ1n) is 7.93. The Kier molecular flexibility index (Phi) is 3.92. The van der Waals surface area contributed by atoms with E-state index in [1.54, 1.807) is 0 Å². The largest absolute Gasteiger partial charge is 0.393 e. The molecule has 4 unspecified atom stereocenters. The van der Waals surface area contributed by atoms with Crippen LogP contribution in [0, 0.1) is 0 Å². The standard InChI is InChI=1S/C15H28N2O/c1-11(8-12-4-2-3-7-16-12)17-13-5-6-14(17)10-15(18)9-13/h11-16,18H,2-10H2,1H3. The SMILES string of the molecule is CC(CC1CCCCN1)N1C2CCC1CC(O)C2. The first kappa shape index (κ1) is 12.9. The molecule has 0 saturated carbocycles. The molecular formula is C15H28N2O. The third kappa shape index (κ3) is 2.59. The van der Waals surface area contributed by atoms with Gasteiger partial charge >= 0.3 is 0 Å². The molecule has 3 rings (SSSR count). The van der Waals surface area contributed by atoms with E-state index in [2.05, 4.69) is 17.1 Å². The molecule has 3 saturated heterocycles. The molecule has 0 spiro atoms. The third-order valence-electron chi connectivity index (χ3n) is 5.31. The van der Waals surface area contributed by atoms with Crippen molar-refractivity contribution in [2.45, 2.75) is 88.6 Å². The molecule has 3 nitrogen and oxygen atoms in total. The lowest BCUT2D eigenvalue weighted by atomic mass is 9.93. The normalized spacial score (nSPS) is 43.0. The lowest BCUT2D eigenvalue weighted by molar-refractivity contribution is 0.00967. The van der Waals surface area contributed by atoms with Gasteiger partial charge in [-0.3, -0.25) is 4.90 Å². The van der Waals surface area contributed by atoms with Gasteiger partial charge in [-0.15, -0.1) is 0 Å². The summed E-state index contributed by atoms with van der Waals surface area (Å²) < 4.78 is 0. The zero-order valence-electron chi connectivity index (χ0n) is 11.6. The zero-order valence-corrected chi connectivity index (χ0v) is 11.6. The van der Waals surface area contributed by atoms with Crippen molar-refractivity contribution in [3.05, 3.63) is 0 Å². The maximum atomic E-state index is 9.87. The summed E-state index contributed by atoms with van der Waals surface area (Å²) in [5.41, 5.74) is 0. The molecule has 4 atom stereocenters. The van der Waals surface area contributed by atoms with E-state index in [1.807, 2.05) is 0 Å². The van der Waals surface area contributed by atoms with E-state index in [0.717, 1.165) is 18.9 Å². The summed E-state index contributed by atoms with van der Waals surface area (Å²) in [4.78, 5) is 2.74. The van der Waals surface area contributed by atoms with Gasteiger partial charge in [-0.05, 0) is 58.4 Å². The van der Waals surface area contributed by atoms with Crippen molar-refractivity contribution in [2.75, 3.05) is 6.54 Å². The number of nitrogens with one attached hydrogen (secondary N) is 1. The fourth-order valence-corrected chi connectivity index (χ4v) is 4.56.